The summed E-state index contributed by atoms with van der Waals surface area (Å²) in [7, 11) is 4.86. The van der Waals surface area contributed by atoms with Crippen molar-refractivity contribution in [3.05, 3.63) is 65.2 Å². The van der Waals surface area contributed by atoms with E-state index in [2.05, 4.69) is 36.4 Å². The first-order valence-corrected chi connectivity index (χ1v) is 13.9. The van der Waals surface area contributed by atoms with Crippen molar-refractivity contribution in [2.24, 2.45) is 11.8 Å². The lowest BCUT2D eigenvalue weighted by molar-refractivity contribution is -0.141. The summed E-state index contributed by atoms with van der Waals surface area (Å²) < 4.78 is 22.6. The summed E-state index contributed by atoms with van der Waals surface area (Å²) in [5.74, 6) is 3.42. The number of carbonyl (C=O) groups is 1. The Labute approximate surface area is 213 Å². The Kier molecular flexibility index (Phi) is 5.80. The molecule has 3 aliphatic rings. The molecule has 0 unspecified atom stereocenters. The molecule has 35 heavy (non-hydrogen) atoms. The average molecular weight is 509 g/mol. The SMILES string of the molecule is COc1cc([C@@H]2c3c(ccc4ccccc34)C3(SCCCS3)[C@H]3COC(=O)[C@@H]23)cc(OC)c1OC. The zero-order valence-corrected chi connectivity index (χ0v) is 21.7. The van der Waals surface area contributed by atoms with Crippen LogP contribution in [0.2, 0.25) is 0 Å². The molecule has 2 saturated heterocycles. The van der Waals surface area contributed by atoms with E-state index in [0.29, 0.717) is 23.9 Å². The molecular weight excluding hydrogens is 480 g/mol. The number of fused-ring (bicyclic) bond motifs is 6. The van der Waals surface area contributed by atoms with E-state index in [4.69, 9.17) is 18.9 Å². The second kappa shape index (κ2) is 8.86. The number of esters is 1. The van der Waals surface area contributed by atoms with E-state index in [1.165, 1.54) is 28.3 Å². The van der Waals surface area contributed by atoms with Crippen LogP contribution in [0.5, 0.6) is 17.2 Å². The summed E-state index contributed by atoms with van der Waals surface area (Å²) in [5.41, 5.74) is 3.52. The van der Waals surface area contributed by atoms with Crippen molar-refractivity contribution in [2.75, 3.05) is 39.4 Å². The molecule has 0 saturated carbocycles. The van der Waals surface area contributed by atoms with Gasteiger partial charge in [-0.2, -0.15) is 0 Å². The van der Waals surface area contributed by atoms with Gasteiger partial charge in [0.1, 0.15) is 0 Å². The molecule has 5 nitrogen and oxygen atoms in total. The quantitative estimate of drug-likeness (QED) is 0.412. The number of carbonyl (C=O) groups excluding carboxylic acids is 1. The number of hydrogen-bond donors (Lipinski definition) is 0. The van der Waals surface area contributed by atoms with E-state index in [9.17, 15) is 4.79 Å². The maximum Gasteiger partial charge on any atom is 0.310 e. The highest BCUT2D eigenvalue weighted by atomic mass is 32.2. The first-order valence-electron chi connectivity index (χ1n) is 11.9. The Bertz CT molecular complexity index is 1270. The highest BCUT2D eigenvalue weighted by Crippen LogP contribution is 2.66. The molecule has 0 aromatic heterocycles. The van der Waals surface area contributed by atoms with Crippen molar-refractivity contribution in [1.29, 1.82) is 0 Å². The monoisotopic (exact) mass is 508 g/mol. The first kappa shape index (κ1) is 22.9. The fourth-order valence-electron chi connectivity index (χ4n) is 6.14. The van der Waals surface area contributed by atoms with Gasteiger partial charge < -0.3 is 18.9 Å². The molecule has 0 N–H and O–H groups in total. The molecule has 0 amide bonds. The fraction of sp³-hybridized carbons (Fsp3) is 0.393. The maximum atomic E-state index is 13.5. The van der Waals surface area contributed by atoms with Gasteiger partial charge in [0, 0.05) is 11.8 Å². The van der Waals surface area contributed by atoms with Crippen molar-refractivity contribution >= 4 is 40.3 Å². The van der Waals surface area contributed by atoms with Crippen LogP contribution in [0.1, 0.15) is 29.0 Å². The number of rotatable bonds is 4. The van der Waals surface area contributed by atoms with Crippen LogP contribution in [0, 0.1) is 11.8 Å². The Morgan fingerprint density at radius 3 is 2.34 bits per heavy atom. The molecule has 182 valence electrons. The Morgan fingerprint density at radius 2 is 1.66 bits per heavy atom. The minimum absolute atomic E-state index is 0.0862. The first-order chi connectivity index (χ1) is 17.1. The van der Waals surface area contributed by atoms with E-state index >= 15 is 0 Å². The van der Waals surface area contributed by atoms with Crippen molar-refractivity contribution in [2.45, 2.75) is 16.4 Å². The second-order valence-corrected chi connectivity index (χ2v) is 12.1. The molecule has 0 radical (unpaired) electrons. The molecule has 2 fully saturated rings. The van der Waals surface area contributed by atoms with Gasteiger partial charge in [0.05, 0.1) is 37.9 Å². The minimum Gasteiger partial charge on any atom is -0.493 e. The molecule has 6 rings (SSSR count). The van der Waals surface area contributed by atoms with Crippen LogP contribution < -0.4 is 14.2 Å². The van der Waals surface area contributed by atoms with Crippen molar-refractivity contribution in [3.8, 4) is 17.2 Å². The molecule has 0 bridgehead atoms. The molecular formula is C28H28O5S2. The Hall–Kier alpha value is -2.51. The number of hydrogen-bond acceptors (Lipinski definition) is 7. The van der Waals surface area contributed by atoms with E-state index in [1.54, 1.807) is 21.3 Å². The third-order valence-corrected chi connectivity index (χ3v) is 11.2. The summed E-state index contributed by atoms with van der Waals surface area (Å²) >= 11 is 3.99. The Morgan fingerprint density at radius 1 is 0.943 bits per heavy atom. The van der Waals surface area contributed by atoms with Gasteiger partial charge in [0.25, 0.3) is 0 Å². The molecule has 2 heterocycles. The third kappa shape index (κ3) is 3.34. The topological polar surface area (TPSA) is 54.0 Å². The number of benzene rings is 3. The standard InChI is InChI=1S/C28H28O5S2/c1-30-21-13-17(14-22(31-2)26(21)32-3)23-24-18-8-5-4-7-16(18)9-10-19(24)28(34-11-6-12-35-28)20-15-33-27(29)25(20)23/h4-5,7-10,13-14,20,23,25H,6,11-12,15H2,1-3H3/t20-,23+,25+/m0/s1. The minimum atomic E-state index is -0.283. The highest BCUT2D eigenvalue weighted by Gasteiger charge is 2.60. The van der Waals surface area contributed by atoms with Gasteiger partial charge >= 0.3 is 5.97 Å². The molecule has 2 aliphatic heterocycles. The summed E-state index contributed by atoms with van der Waals surface area (Å²) in [6, 6.07) is 17.0. The smallest absolute Gasteiger partial charge is 0.310 e. The highest BCUT2D eigenvalue weighted by molar-refractivity contribution is 8.18. The van der Waals surface area contributed by atoms with E-state index < -0.39 is 0 Å². The van der Waals surface area contributed by atoms with Gasteiger partial charge in [-0.25, -0.2) is 0 Å². The predicted molar refractivity (Wildman–Crippen MR) is 141 cm³/mol. The lowest BCUT2D eigenvalue weighted by atomic mass is 9.66. The van der Waals surface area contributed by atoms with Crippen LogP contribution in [0.3, 0.4) is 0 Å². The summed E-state index contributed by atoms with van der Waals surface area (Å²) in [6.07, 6.45) is 1.18. The fourth-order valence-corrected chi connectivity index (χ4v) is 9.86. The molecule has 1 aliphatic carbocycles. The number of ether oxygens (including phenoxy) is 4. The van der Waals surface area contributed by atoms with E-state index in [0.717, 1.165) is 17.1 Å². The number of cyclic esters (lactones) is 1. The van der Waals surface area contributed by atoms with Gasteiger partial charge in [0.15, 0.2) is 11.5 Å². The molecule has 3 aromatic rings. The van der Waals surface area contributed by atoms with E-state index in [-0.39, 0.29) is 27.8 Å². The zero-order valence-electron chi connectivity index (χ0n) is 20.0. The van der Waals surface area contributed by atoms with E-state index in [1.807, 2.05) is 35.7 Å². The van der Waals surface area contributed by atoms with Gasteiger partial charge in [0.2, 0.25) is 5.75 Å². The lowest BCUT2D eigenvalue weighted by Crippen LogP contribution is -2.44. The van der Waals surface area contributed by atoms with Crippen LogP contribution in [-0.2, 0) is 13.6 Å². The van der Waals surface area contributed by atoms with Crippen LogP contribution in [0.4, 0.5) is 0 Å². The van der Waals surface area contributed by atoms with Crippen LogP contribution in [-0.4, -0.2) is 45.4 Å². The summed E-state index contributed by atoms with van der Waals surface area (Å²) in [6.45, 7) is 0.455. The largest absolute Gasteiger partial charge is 0.493 e. The maximum absolute atomic E-state index is 13.5. The third-order valence-electron chi connectivity index (χ3n) is 7.58. The van der Waals surface area contributed by atoms with Crippen molar-refractivity contribution in [1.82, 2.24) is 0 Å². The molecule has 1 spiro atoms. The van der Waals surface area contributed by atoms with Crippen molar-refractivity contribution in [3.63, 3.8) is 0 Å². The number of methoxy groups -OCH3 is 3. The normalized spacial score (nSPS) is 24.5. The van der Waals surface area contributed by atoms with Crippen LogP contribution in [0.15, 0.2) is 48.5 Å². The zero-order chi connectivity index (χ0) is 24.2. The summed E-state index contributed by atoms with van der Waals surface area (Å²) in [4.78, 5) is 13.5. The van der Waals surface area contributed by atoms with Gasteiger partial charge in [-0.05, 0) is 57.5 Å². The molecule has 7 heteroatoms. The predicted octanol–water partition coefficient (Wildman–Crippen LogP) is 5.82. The van der Waals surface area contributed by atoms with Gasteiger partial charge in [-0.1, -0.05) is 36.4 Å². The lowest BCUT2D eigenvalue weighted by Gasteiger charge is -2.49. The van der Waals surface area contributed by atoms with Gasteiger partial charge in [-0.15, -0.1) is 23.5 Å². The average Bonchev–Trinajstić information content (AvgIpc) is 3.30. The van der Waals surface area contributed by atoms with Crippen LogP contribution >= 0.6 is 23.5 Å². The number of thioether (sulfide) groups is 2. The molecule has 3 atom stereocenters. The Balaban J connectivity index is 1.68. The van der Waals surface area contributed by atoms with Gasteiger partial charge in [-0.3, -0.25) is 4.79 Å². The molecule has 3 aromatic carbocycles. The van der Waals surface area contributed by atoms with Crippen molar-refractivity contribution < 1.29 is 23.7 Å². The summed E-state index contributed by atoms with van der Waals surface area (Å²) in [5, 5.41) is 2.36. The van der Waals surface area contributed by atoms with Crippen LogP contribution in [0.25, 0.3) is 10.8 Å². The second-order valence-electron chi connectivity index (χ2n) is 9.16.